The van der Waals surface area contributed by atoms with Crippen LogP contribution in [-0.4, -0.2) is 45.5 Å². The van der Waals surface area contributed by atoms with Crippen molar-refractivity contribution < 1.29 is 14.4 Å². The number of aromatic nitrogens is 1. The molecule has 3 heterocycles. The van der Waals surface area contributed by atoms with Crippen LogP contribution < -0.4 is 10.6 Å². The van der Waals surface area contributed by atoms with E-state index in [0.29, 0.717) is 40.8 Å². The summed E-state index contributed by atoms with van der Waals surface area (Å²) < 4.78 is 0. The Kier molecular flexibility index (Phi) is 5.84. The summed E-state index contributed by atoms with van der Waals surface area (Å²) >= 11 is 6.45. The zero-order valence-corrected chi connectivity index (χ0v) is 22.7. The molecule has 1 aliphatic carbocycles. The summed E-state index contributed by atoms with van der Waals surface area (Å²) in [6, 6.07) is 16.7. The van der Waals surface area contributed by atoms with Crippen molar-refractivity contribution in [2.24, 2.45) is 10.9 Å². The molecule has 2 atom stereocenters. The van der Waals surface area contributed by atoms with E-state index in [0.717, 1.165) is 16.7 Å². The van der Waals surface area contributed by atoms with Crippen LogP contribution in [0.3, 0.4) is 0 Å². The minimum Gasteiger partial charge on any atom is -0.325 e. The van der Waals surface area contributed by atoms with E-state index in [2.05, 4.69) is 15.6 Å². The van der Waals surface area contributed by atoms with Gasteiger partial charge >= 0.3 is 0 Å². The minimum absolute atomic E-state index is 0.0508. The lowest BCUT2D eigenvalue weighted by Gasteiger charge is -2.25. The van der Waals surface area contributed by atoms with E-state index < -0.39 is 11.0 Å². The third-order valence-corrected chi connectivity index (χ3v) is 8.61. The van der Waals surface area contributed by atoms with Gasteiger partial charge in [0, 0.05) is 23.0 Å². The molecular weight excluding hydrogens is 514 g/mol. The normalized spacial score (nSPS) is 23.2. The van der Waals surface area contributed by atoms with Crippen LogP contribution in [0, 0.1) is 5.92 Å². The number of nitrogens with zero attached hydrogens (tertiary/aromatic N) is 3. The Morgan fingerprint density at radius 1 is 1.10 bits per heavy atom. The molecule has 8 nitrogen and oxygen atoms in total. The van der Waals surface area contributed by atoms with E-state index in [9.17, 15) is 14.4 Å². The molecule has 2 aromatic carbocycles. The lowest BCUT2D eigenvalue weighted by atomic mass is 9.79. The summed E-state index contributed by atoms with van der Waals surface area (Å²) in [4.78, 5) is 50.3. The average Bonchev–Trinajstić information content (AvgIpc) is 3.51. The van der Waals surface area contributed by atoms with Crippen LogP contribution in [0.1, 0.15) is 43.0 Å². The molecule has 2 unspecified atom stereocenters. The van der Waals surface area contributed by atoms with Gasteiger partial charge in [0.15, 0.2) is 0 Å². The summed E-state index contributed by atoms with van der Waals surface area (Å²) in [5.74, 6) is 0.295. The number of anilines is 2. The number of nitrogens with one attached hydrogen (secondary N) is 2. The third-order valence-electron chi connectivity index (χ3n) is 8.28. The molecular formula is C30H28ClN5O3. The van der Waals surface area contributed by atoms with Crippen LogP contribution in [0.25, 0.3) is 0 Å². The molecule has 0 fully saturated rings. The summed E-state index contributed by atoms with van der Waals surface area (Å²) in [7, 11) is 0. The number of hydrogen-bond acceptors (Lipinski definition) is 5. The highest BCUT2D eigenvalue weighted by molar-refractivity contribution is 6.35. The molecule has 0 bridgehead atoms. The van der Waals surface area contributed by atoms with Gasteiger partial charge in [-0.3, -0.25) is 24.3 Å². The van der Waals surface area contributed by atoms with Gasteiger partial charge in [0.2, 0.25) is 11.8 Å². The zero-order valence-electron chi connectivity index (χ0n) is 21.9. The number of hydrogen-bond donors (Lipinski definition) is 2. The molecule has 6 rings (SSSR count). The maximum atomic E-state index is 13.5. The molecule has 0 radical (unpaired) electrons. The molecule has 3 aliphatic rings. The standard InChI is InChI=1S/C30H28ClN5O3/c1-17(2)29(3)28(39)36(26(35-29)21-7-4-5-9-23(21)31)16-24(37)33-20-11-10-18-14-30(15-19(18)13-20)22-8-6-12-32-25(22)34-27(30)38/h4-13,17H,14-16H2,1-3H3,(H,33,37)(H,32,34,38). The smallest absolute Gasteiger partial charge is 0.256 e. The largest absolute Gasteiger partial charge is 0.325 e. The van der Waals surface area contributed by atoms with Gasteiger partial charge in [-0.05, 0) is 67.1 Å². The van der Waals surface area contributed by atoms with E-state index in [4.69, 9.17) is 16.6 Å². The van der Waals surface area contributed by atoms with Crippen molar-refractivity contribution in [1.82, 2.24) is 9.88 Å². The fourth-order valence-electron chi connectivity index (χ4n) is 5.76. The summed E-state index contributed by atoms with van der Waals surface area (Å²) in [6.07, 6.45) is 2.77. The summed E-state index contributed by atoms with van der Waals surface area (Å²) in [5, 5.41) is 6.31. The molecule has 3 amide bonds. The number of carbonyl (C=O) groups is 3. The van der Waals surface area contributed by atoms with Gasteiger partial charge in [-0.15, -0.1) is 0 Å². The van der Waals surface area contributed by atoms with Crippen LogP contribution >= 0.6 is 11.6 Å². The molecule has 198 valence electrons. The quantitative estimate of drug-likeness (QED) is 0.500. The number of fused-ring (bicyclic) bond motifs is 3. The first-order chi connectivity index (χ1) is 18.6. The fraction of sp³-hybridized carbons (Fsp3) is 0.300. The monoisotopic (exact) mass is 541 g/mol. The highest BCUT2D eigenvalue weighted by Crippen LogP contribution is 2.47. The van der Waals surface area contributed by atoms with E-state index in [1.165, 1.54) is 4.90 Å². The lowest BCUT2D eigenvalue weighted by molar-refractivity contribution is -0.134. The molecule has 1 spiro atoms. The lowest BCUT2D eigenvalue weighted by Crippen LogP contribution is -2.46. The number of rotatable bonds is 5. The van der Waals surface area contributed by atoms with Gasteiger partial charge in [-0.2, -0.15) is 0 Å². The second-order valence-electron chi connectivity index (χ2n) is 10.9. The predicted molar refractivity (Wildman–Crippen MR) is 150 cm³/mol. The fourth-order valence-corrected chi connectivity index (χ4v) is 5.98. The maximum Gasteiger partial charge on any atom is 0.256 e. The van der Waals surface area contributed by atoms with Crippen molar-refractivity contribution in [3.63, 3.8) is 0 Å². The number of pyridine rings is 1. The van der Waals surface area contributed by atoms with E-state index in [1.807, 2.05) is 56.3 Å². The first kappa shape index (κ1) is 25.2. The molecule has 0 saturated heterocycles. The number of aliphatic imine (C=N–C) groups is 1. The van der Waals surface area contributed by atoms with E-state index >= 15 is 0 Å². The minimum atomic E-state index is -0.996. The van der Waals surface area contributed by atoms with Gasteiger partial charge in [-0.25, -0.2) is 4.98 Å². The van der Waals surface area contributed by atoms with E-state index in [1.54, 1.807) is 25.3 Å². The van der Waals surface area contributed by atoms with Crippen molar-refractivity contribution >= 4 is 46.7 Å². The number of benzene rings is 2. The van der Waals surface area contributed by atoms with Crippen molar-refractivity contribution in [2.75, 3.05) is 17.2 Å². The van der Waals surface area contributed by atoms with Crippen LogP contribution in [0.5, 0.6) is 0 Å². The SMILES string of the molecule is CC(C)C1(C)N=C(c2ccccc2Cl)N(CC(=O)Nc2ccc3c(c2)CC2(C3)C(=O)Nc3ncccc32)C1=O. The second kappa shape index (κ2) is 9.02. The van der Waals surface area contributed by atoms with Crippen molar-refractivity contribution in [1.29, 1.82) is 0 Å². The van der Waals surface area contributed by atoms with Crippen molar-refractivity contribution in [3.8, 4) is 0 Å². The predicted octanol–water partition coefficient (Wildman–Crippen LogP) is 4.37. The third kappa shape index (κ3) is 3.93. The Hall–Kier alpha value is -4.04. The summed E-state index contributed by atoms with van der Waals surface area (Å²) in [5.41, 5.74) is 2.51. The molecule has 9 heteroatoms. The second-order valence-corrected chi connectivity index (χ2v) is 11.3. The Bertz CT molecular complexity index is 1580. The zero-order chi connectivity index (χ0) is 27.5. The van der Waals surface area contributed by atoms with Gasteiger partial charge in [0.05, 0.1) is 10.4 Å². The Balaban J connectivity index is 1.23. The molecule has 0 saturated carbocycles. The Labute approximate surface area is 231 Å². The average molecular weight is 542 g/mol. The van der Waals surface area contributed by atoms with Gasteiger partial charge < -0.3 is 10.6 Å². The molecule has 39 heavy (non-hydrogen) atoms. The van der Waals surface area contributed by atoms with E-state index in [-0.39, 0.29) is 30.2 Å². The molecule has 2 aliphatic heterocycles. The first-order valence-electron chi connectivity index (χ1n) is 13.0. The van der Waals surface area contributed by atoms with Gasteiger partial charge in [0.1, 0.15) is 23.7 Å². The van der Waals surface area contributed by atoms with Crippen LogP contribution in [0.4, 0.5) is 11.5 Å². The molecule has 2 N–H and O–H groups in total. The van der Waals surface area contributed by atoms with Crippen LogP contribution in [0.2, 0.25) is 5.02 Å². The topological polar surface area (TPSA) is 104 Å². The van der Waals surface area contributed by atoms with Crippen LogP contribution in [-0.2, 0) is 32.6 Å². The van der Waals surface area contributed by atoms with Gasteiger partial charge in [0.25, 0.3) is 5.91 Å². The highest BCUT2D eigenvalue weighted by atomic mass is 35.5. The number of carbonyl (C=O) groups excluding carboxylic acids is 3. The number of amidine groups is 1. The Morgan fingerprint density at radius 3 is 2.64 bits per heavy atom. The maximum absolute atomic E-state index is 13.5. The van der Waals surface area contributed by atoms with Gasteiger partial charge in [-0.1, -0.05) is 49.7 Å². The highest BCUT2D eigenvalue weighted by Gasteiger charge is 2.51. The van der Waals surface area contributed by atoms with Crippen molar-refractivity contribution in [3.05, 3.63) is 88.1 Å². The first-order valence-corrected chi connectivity index (χ1v) is 13.4. The van der Waals surface area contributed by atoms with Crippen molar-refractivity contribution in [2.45, 2.75) is 44.6 Å². The number of amides is 3. The molecule has 3 aromatic rings. The molecule has 1 aromatic heterocycles. The number of halogens is 1. The summed E-state index contributed by atoms with van der Waals surface area (Å²) in [6.45, 7) is 5.46. The Morgan fingerprint density at radius 2 is 1.87 bits per heavy atom. The van der Waals surface area contributed by atoms with Crippen LogP contribution in [0.15, 0.2) is 65.8 Å².